The third-order valence-corrected chi connectivity index (χ3v) is 8.27. The van der Waals surface area contributed by atoms with Crippen molar-refractivity contribution in [2.75, 3.05) is 5.73 Å². The van der Waals surface area contributed by atoms with Gasteiger partial charge in [0.05, 0.1) is 11.5 Å². The number of aromatic nitrogens is 3. The Balaban J connectivity index is 1.52. The molecule has 4 N–H and O–H groups in total. The first kappa shape index (κ1) is 27.6. The highest BCUT2D eigenvalue weighted by Crippen LogP contribution is 2.44. The van der Waals surface area contributed by atoms with Crippen LogP contribution in [0, 0.1) is 17.8 Å². The van der Waals surface area contributed by atoms with Crippen LogP contribution in [0.25, 0.3) is 16.8 Å². The highest BCUT2D eigenvalue weighted by atomic mass is 19.4. The summed E-state index contributed by atoms with van der Waals surface area (Å²) >= 11 is 0. The lowest BCUT2D eigenvalue weighted by Gasteiger charge is -2.36. The van der Waals surface area contributed by atoms with E-state index in [1.54, 1.807) is 36.7 Å². The summed E-state index contributed by atoms with van der Waals surface area (Å²) in [7, 11) is 0. The summed E-state index contributed by atoms with van der Waals surface area (Å²) < 4.78 is 41.7. The minimum Gasteiger partial charge on any atom is -0.481 e. The van der Waals surface area contributed by atoms with E-state index in [9.17, 15) is 28.2 Å². The fraction of sp³-hybridized carbons (Fsp3) is 0.367. The number of nitrogen functional groups attached to an aromatic ring is 1. The normalized spacial score (nSPS) is 23.2. The van der Waals surface area contributed by atoms with Crippen molar-refractivity contribution in [3.63, 3.8) is 0 Å². The second-order valence-corrected chi connectivity index (χ2v) is 11.1. The summed E-state index contributed by atoms with van der Waals surface area (Å²) in [5.74, 6) is -0.160. The van der Waals surface area contributed by atoms with Crippen LogP contribution in [0.3, 0.4) is 0 Å². The van der Waals surface area contributed by atoms with Crippen LogP contribution in [-0.4, -0.2) is 30.6 Å². The van der Waals surface area contributed by atoms with Gasteiger partial charge in [-0.2, -0.15) is 13.2 Å². The second-order valence-electron chi connectivity index (χ2n) is 11.1. The minimum absolute atomic E-state index is 0.0181. The van der Waals surface area contributed by atoms with Crippen molar-refractivity contribution in [3.05, 3.63) is 83.4 Å². The van der Waals surface area contributed by atoms with Gasteiger partial charge in [-0.15, -0.1) is 0 Å². The van der Waals surface area contributed by atoms with E-state index in [2.05, 4.69) is 4.98 Å². The third kappa shape index (κ3) is 4.81. The fourth-order valence-electron chi connectivity index (χ4n) is 6.24. The zero-order valence-electron chi connectivity index (χ0n) is 22.4. The van der Waals surface area contributed by atoms with Crippen LogP contribution in [0.4, 0.5) is 19.0 Å². The molecule has 1 aliphatic rings. The number of aliphatic carboxylic acids is 1. The standard InChI is InChI=1S/C30H31F3N4O3/c1-16-13-19(14-17(2)23(16)28(38)39)27-36-24(25-26(34)35-11-12-37(25)27)18-7-9-20(10-8-18)29(3,40)21-5-4-6-22(15-21)30(31,32)33/h4-12,15-17,19,23,40H,13-14H2,1-3H3,(H2,34,35)(H,38,39)/t16-,17+,19?,23?,29-/m1/s1. The molecule has 4 aromatic rings. The number of aliphatic hydroxyl groups is 1. The van der Waals surface area contributed by atoms with E-state index >= 15 is 0 Å². The Morgan fingerprint density at radius 3 is 2.25 bits per heavy atom. The zero-order valence-corrected chi connectivity index (χ0v) is 22.4. The first-order chi connectivity index (χ1) is 18.8. The van der Waals surface area contributed by atoms with Gasteiger partial charge in [0.25, 0.3) is 0 Å². The summed E-state index contributed by atoms with van der Waals surface area (Å²) in [6.07, 6.45) is 0.208. The average Bonchev–Trinajstić information content (AvgIpc) is 3.29. The summed E-state index contributed by atoms with van der Waals surface area (Å²) in [6, 6.07) is 11.5. The quantitative estimate of drug-likeness (QED) is 0.276. The van der Waals surface area contributed by atoms with Gasteiger partial charge in [0.2, 0.25) is 0 Å². The molecular weight excluding hydrogens is 521 g/mol. The topological polar surface area (TPSA) is 114 Å². The van der Waals surface area contributed by atoms with Crippen molar-refractivity contribution < 1.29 is 28.2 Å². The van der Waals surface area contributed by atoms with Gasteiger partial charge in [-0.05, 0) is 54.9 Å². The van der Waals surface area contributed by atoms with Crippen molar-refractivity contribution in [2.24, 2.45) is 17.8 Å². The maximum Gasteiger partial charge on any atom is 0.416 e. The zero-order chi connectivity index (χ0) is 29.0. The van der Waals surface area contributed by atoms with Crippen LogP contribution in [0.5, 0.6) is 0 Å². The molecule has 0 saturated heterocycles. The molecule has 5 rings (SSSR count). The SMILES string of the molecule is C[C@@H]1CC(c2nc(-c3ccc([C@@](C)(O)c4cccc(C(F)(F)F)c4)cc3)c3c(N)nccn23)C[C@H](C)C1C(=O)O. The van der Waals surface area contributed by atoms with Gasteiger partial charge in [-0.25, -0.2) is 9.97 Å². The monoisotopic (exact) mass is 552 g/mol. The minimum atomic E-state index is -4.52. The van der Waals surface area contributed by atoms with Crippen LogP contribution in [0.2, 0.25) is 0 Å². The van der Waals surface area contributed by atoms with Crippen LogP contribution in [-0.2, 0) is 16.6 Å². The summed E-state index contributed by atoms with van der Waals surface area (Å²) in [4.78, 5) is 21.0. The van der Waals surface area contributed by atoms with Crippen molar-refractivity contribution in [2.45, 2.75) is 51.3 Å². The van der Waals surface area contributed by atoms with E-state index in [0.717, 1.165) is 18.0 Å². The molecule has 0 radical (unpaired) electrons. The molecule has 5 atom stereocenters. The van der Waals surface area contributed by atoms with Crippen LogP contribution < -0.4 is 5.73 Å². The van der Waals surface area contributed by atoms with Crippen LogP contribution in [0.15, 0.2) is 60.9 Å². The molecule has 1 fully saturated rings. The Morgan fingerprint density at radius 1 is 1.02 bits per heavy atom. The number of halogens is 3. The Kier molecular flexibility index (Phi) is 6.86. The Hall–Kier alpha value is -3.92. The highest BCUT2D eigenvalue weighted by molar-refractivity contribution is 5.85. The lowest BCUT2D eigenvalue weighted by Crippen LogP contribution is -2.35. The third-order valence-electron chi connectivity index (χ3n) is 8.27. The van der Waals surface area contributed by atoms with Gasteiger partial charge in [0, 0.05) is 23.9 Å². The lowest BCUT2D eigenvalue weighted by atomic mass is 9.69. The predicted octanol–water partition coefficient (Wildman–Crippen LogP) is 6.10. The van der Waals surface area contributed by atoms with Crippen molar-refractivity contribution in [1.29, 1.82) is 0 Å². The number of carbonyl (C=O) groups is 1. The van der Waals surface area contributed by atoms with Crippen molar-refractivity contribution in [1.82, 2.24) is 14.4 Å². The molecule has 1 aliphatic carbocycles. The summed E-state index contributed by atoms with van der Waals surface area (Å²) in [6.45, 7) is 5.38. The molecule has 2 aromatic carbocycles. The largest absolute Gasteiger partial charge is 0.481 e. The van der Waals surface area contributed by atoms with Gasteiger partial charge in [-0.1, -0.05) is 50.2 Å². The summed E-state index contributed by atoms with van der Waals surface area (Å²) in [5, 5.41) is 20.9. The first-order valence-electron chi connectivity index (χ1n) is 13.1. The fourth-order valence-corrected chi connectivity index (χ4v) is 6.24. The number of carboxylic acids is 1. The van der Waals surface area contributed by atoms with Gasteiger partial charge in [0.1, 0.15) is 28.5 Å². The van der Waals surface area contributed by atoms with Crippen molar-refractivity contribution >= 4 is 17.3 Å². The molecule has 0 spiro atoms. The number of carboxylic acid groups (broad SMARTS) is 1. The number of nitrogens with two attached hydrogens (primary N) is 1. The van der Waals surface area contributed by atoms with Gasteiger partial charge >= 0.3 is 12.1 Å². The number of benzene rings is 2. The maximum atomic E-state index is 13.3. The molecule has 7 nitrogen and oxygen atoms in total. The molecule has 1 saturated carbocycles. The number of hydrogen-bond acceptors (Lipinski definition) is 5. The van der Waals surface area contributed by atoms with Gasteiger partial charge < -0.3 is 15.9 Å². The Labute approximate surface area is 229 Å². The molecular formula is C30H31F3N4O3. The van der Waals surface area contributed by atoms with E-state index < -0.39 is 29.2 Å². The summed E-state index contributed by atoms with van der Waals surface area (Å²) in [5.41, 5.74) is 6.25. The number of nitrogens with zero attached hydrogens (tertiary/aromatic N) is 3. The van der Waals surface area contributed by atoms with E-state index in [1.807, 2.05) is 18.2 Å². The average molecular weight is 553 g/mol. The molecule has 2 heterocycles. The Bertz CT molecular complexity index is 1550. The molecule has 210 valence electrons. The van der Waals surface area contributed by atoms with Crippen LogP contribution >= 0.6 is 0 Å². The smallest absolute Gasteiger partial charge is 0.416 e. The molecule has 10 heteroatoms. The number of rotatable bonds is 5. The molecule has 2 unspecified atom stereocenters. The molecule has 0 bridgehead atoms. The second kappa shape index (κ2) is 9.92. The van der Waals surface area contributed by atoms with Gasteiger partial charge in [0.15, 0.2) is 0 Å². The van der Waals surface area contributed by atoms with Crippen molar-refractivity contribution in [3.8, 4) is 11.3 Å². The van der Waals surface area contributed by atoms with E-state index in [-0.39, 0.29) is 29.1 Å². The highest BCUT2D eigenvalue weighted by Gasteiger charge is 2.40. The number of fused-ring (bicyclic) bond motifs is 1. The molecule has 0 amide bonds. The number of anilines is 1. The first-order valence-corrected chi connectivity index (χ1v) is 13.1. The Morgan fingerprint density at radius 2 is 1.65 bits per heavy atom. The van der Waals surface area contributed by atoms with Crippen LogP contribution in [0.1, 0.15) is 62.0 Å². The molecule has 0 aliphatic heterocycles. The number of hydrogen-bond donors (Lipinski definition) is 3. The number of alkyl halides is 3. The molecule has 2 aromatic heterocycles. The molecule has 40 heavy (non-hydrogen) atoms. The van der Waals surface area contributed by atoms with E-state index in [1.165, 1.54) is 19.1 Å². The van der Waals surface area contributed by atoms with Gasteiger partial charge in [-0.3, -0.25) is 9.20 Å². The predicted molar refractivity (Wildman–Crippen MR) is 144 cm³/mol. The van der Waals surface area contributed by atoms with E-state index in [0.29, 0.717) is 35.2 Å². The lowest BCUT2D eigenvalue weighted by molar-refractivity contribution is -0.147. The van der Waals surface area contributed by atoms with E-state index in [4.69, 9.17) is 10.7 Å². The maximum absolute atomic E-state index is 13.3. The number of imidazole rings is 1.